The molecule has 140 valence electrons. The van der Waals surface area contributed by atoms with Crippen LogP contribution in [0.4, 0.5) is 0 Å². The first-order chi connectivity index (χ1) is 11.1. The van der Waals surface area contributed by atoms with E-state index < -0.39 is 11.7 Å². The molecule has 0 heterocycles. The Kier molecular flexibility index (Phi) is 15.4. The smallest absolute Gasteiger partial charge is 0.0905 e. The molecular weight excluding hydrogens is 284 g/mol. The van der Waals surface area contributed by atoms with Gasteiger partial charge in [-0.25, -0.2) is 0 Å². The zero-order valence-corrected chi connectivity index (χ0v) is 16.3. The molecule has 0 aliphatic rings. The molecule has 2 N–H and O–H groups in total. The Balaban J connectivity index is 4.25. The number of hydrogen-bond acceptors (Lipinski definition) is 2. The highest BCUT2D eigenvalue weighted by Gasteiger charge is 2.33. The summed E-state index contributed by atoms with van der Waals surface area (Å²) in [5.41, 5.74) is -0.841. The fourth-order valence-corrected chi connectivity index (χ4v) is 3.38. The molecule has 0 bridgehead atoms. The molecule has 1 atom stereocenters. The molecule has 0 rings (SSSR count). The Bertz CT molecular complexity index is 226. The summed E-state index contributed by atoms with van der Waals surface area (Å²) in [5.74, 6) is 0. The van der Waals surface area contributed by atoms with E-state index in [1.54, 1.807) is 0 Å². The summed E-state index contributed by atoms with van der Waals surface area (Å²) in [6.45, 7) is 6.63. The second kappa shape index (κ2) is 15.4. The summed E-state index contributed by atoms with van der Waals surface area (Å²) >= 11 is 0. The van der Waals surface area contributed by atoms with Crippen molar-refractivity contribution in [3.63, 3.8) is 0 Å². The zero-order chi connectivity index (χ0) is 17.4. The van der Waals surface area contributed by atoms with E-state index in [9.17, 15) is 10.2 Å². The summed E-state index contributed by atoms with van der Waals surface area (Å²) in [4.78, 5) is 0. The fraction of sp³-hybridized carbons (Fsp3) is 1.00. The summed E-state index contributed by atoms with van der Waals surface area (Å²) in [6.07, 6.45) is 17.2. The summed E-state index contributed by atoms with van der Waals surface area (Å²) in [6, 6.07) is 0. The van der Waals surface area contributed by atoms with Gasteiger partial charge in [-0.15, -0.1) is 0 Å². The lowest BCUT2D eigenvalue weighted by atomic mass is 9.83. The van der Waals surface area contributed by atoms with Gasteiger partial charge in [-0.1, -0.05) is 104 Å². The van der Waals surface area contributed by atoms with Gasteiger partial charge in [0.05, 0.1) is 11.7 Å². The largest absolute Gasteiger partial charge is 0.390 e. The van der Waals surface area contributed by atoms with Gasteiger partial charge in [0.25, 0.3) is 0 Å². The van der Waals surface area contributed by atoms with E-state index in [0.717, 1.165) is 44.9 Å². The van der Waals surface area contributed by atoms with Gasteiger partial charge in [0.1, 0.15) is 0 Å². The summed E-state index contributed by atoms with van der Waals surface area (Å²) in [7, 11) is 0. The Morgan fingerprint density at radius 3 is 1.43 bits per heavy atom. The second-order valence-corrected chi connectivity index (χ2v) is 7.44. The Morgan fingerprint density at radius 1 is 0.609 bits per heavy atom. The van der Waals surface area contributed by atoms with E-state index in [2.05, 4.69) is 20.8 Å². The molecule has 1 unspecified atom stereocenters. The molecule has 0 aliphatic carbocycles. The molecule has 23 heavy (non-hydrogen) atoms. The van der Waals surface area contributed by atoms with Crippen LogP contribution in [0.25, 0.3) is 0 Å². The summed E-state index contributed by atoms with van der Waals surface area (Å²) < 4.78 is 0. The van der Waals surface area contributed by atoms with Crippen LogP contribution in [0, 0.1) is 0 Å². The number of hydrogen-bond donors (Lipinski definition) is 2. The Labute approximate surface area is 146 Å². The normalized spacial score (nSPS) is 13.4. The van der Waals surface area contributed by atoms with E-state index in [0.29, 0.717) is 0 Å². The van der Waals surface area contributed by atoms with Gasteiger partial charge < -0.3 is 10.2 Å². The number of rotatable bonds is 17. The van der Waals surface area contributed by atoms with E-state index in [1.165, 1.54) is 57.8 Å². The van der Waals surface area contributed by atoms with Crippen LogP contribution in [0.15, 0.2) is 0 Å². The maximum atomic E-state index is 11.0. The molecule has 0 aliphatic heterocycles. The van der Waals surface area contributed by atoms with Crippen LogP contribution in [0.1, 0.15) is 124 Å². The highest BCUT2D eigenvalue weighted by molar-refractivity contribution is 4.86. The van der Waals surface area contributed by atoms with E-state index in [-0.39, 0.29) is 0 Å². The maximum absolute atomic E-state index is 11.0. The maximum Gasteiger partial charge on any atom is 0.0905 e. The molecule has 0 saturated carbocycles. The van der Waals surface area contributed by atoms with E-state index in [4.69, 9.17) is 0 Å². The highest BCUT2D eigenvalue weighted by atomic mass is 16.3. The quantitative estimate of drug-likeness (QED) is 0.304. The van der Waals surface area contributed by atoms with Gasteiger partial charge in [0.2, 0.25) is 0 Å². The lowest BCUT2D eigenvalue weighted by molar-refractivity contribution is -0.0919. The minimum atomic E-state index is -0.841. The van der Waals surface area contributed by atoms with Crippen molar-refractivity contribution in [2.45, 2.75) is 135 Å². The molecule has 0 aromatic carbocycles. The molecule has 0 saturated heterocycles. The molecule has 0 radical (unpaired) electrons. The first kappa shape index (κ1) is 22.9. The first-order valence-corrected chi connectivity index (χ1v) is 10.5. The SMILES string of the molecule is CCCCCCCC(O)(CCCCCCC)C(O)CCCCC. The van der Waals surface area contributed by atoms with Crippen molar-refractivity contribution in [1.82, 2.24) is 0 Å². The molecule has 0 amide bonds. The molecule has 0 spiro atoms. The van der Waals surface area contributed by atoms with Crippen molar-refractivity contribution in [2.24, 2.45) is 0 Å². The van der Waals surface area contributed by atoms with Crippen LogP contribution in [0.5, 0.6) is 0 Å². The van der Waals surface area contributed by atoms with Crippen molar-refractivity contribution in [1.29, 1.82) is 0 Å². The van der Waals surface area contributed by atoms with Crippen molar-refractivity contribution in [3.8, 4) is 0 Å². The average molecular weight is 329 g/mol. The van der Waals surface area contributed by atoms with Crippen LogP contribution in [0.2, 0.25) is 0 Å². The topological polar surface area (TPSA) is 40.5 Å². The highest BCUT2D eigenvalue weighted by Crippen LogP contribution is 2.29. The molecule has 0 fully saturated rings. The van der Waals surface area contributed by atoms with Gasteiger partial charge in [-0.2, -0.15) is 0 Å². The third-order valence-electron chi connectivity index (χ3n) is 5.13. The molecule has 0 aromatic rings. The van der Waals surface area contributed by atoms with Gasteiger partial charge in [-0.3, -0.25) is 0 Å². The number of aliphatic hydroxyl groups excluding tert-OH is 1. The van der Waals surface area contributed by atoms with Crippen molar-refractivity contribution in [3.05, 3.63) is 0 Å². The van der Waals surface area contributed by atoms with E-state index in [1.807, 2.05) is 0 Å². The standard InChI is InChI=1S/C21H44O2/c1-4-7-10-12-15-18-21(23,19-16-13-11-8-5-2)20(22)17-14-9-6-3/h20,22-23H,4-19H2,1-3H3. The predicted octanol–water partition coefficient (Wildman–Crippen LogP) is 6.38. The Morgan fingerprint density at radius 2 is 1.00 bits per heavy atom. The van der Waals surface area contributed by atoms with Gasteiger partial charge in [-0.05, 0) is 19.3 Å². The van der Waals surface area contributed by atoms with Crippen LogP contribution in [0.3, 0.4) is 0 Å². The lowest BCUT2D eigenvalue weighted by Gasteiger charge is -2.33. The molecule has 2 heteroatoms. The third-order valence-corrected chi connectivity index (χ3v) is 5.13. The number of aliphatic hydroxyl groups is 2. The average Bonchev–Trinajstić information content (AvgIpc) is 2.54. The third kappa shape index (κ3) is 12.0. The molecule has 2 nitrogen and oxygen atoms in total. The Hall–Kier alpha value is -0.0800. The first-order valence-electron chi connectivity index (χ1n) is 10.5. The minimum Gasteiger partial charge on any atom is -0.390 e. The van der Waals surface area contributed by atoms with Crippen LogP contribution in [-0.2, 0) is 0 Å². The monoisotopic (exact) mass is 328 g/mol. The predicted molar refractivity (Wildman–Crippen MR) is 102 cm³/mol. The number of unbranched alkanes of at least 4 members (excludes halogenated alkanes) is 10. The second-order valence-electron chi connectivity index (χ2n) is 7.44. The van der Waals surface area contributed by atoms with Crippen LogP contribution < -0.4 is 0 Å². The van der Waals surface area contributed by atoms with Gasteiger partial charge in [0, 0.05) is 0 Å². The minimum absolute atomic E-state index is 0.536. The fourth-order valence-electron chi connectivity index (χ4n) is 3.38. The zero-order valence-electron chi connectivity index (χ0n) is 16.3. The van der Waals surface area contributed by atoms with Gasteiger partial charge >= 0.3 is 0 Å². The lowest BCUT2D eigenvalue weighted by Crippen LogP contribution is -2.42. The van der Waals surface area contributed by atoms with E-state index >= 15 is 0 Å². The van der Waals surface area contributed by atoms with Gasteiger partial charge in [0.15, 0.2) is 0 Å². The van der Waals surface area contributed by atoms with Crippen LogP contribution in [-0.4, -0.2) is 21.9 Å². The molecular formula is C21H44O2. The van der Waals surface area contributed by atoms with Crippen molar-refractivity contribution < 1.29 is 10.2 Å². The van der Waals surface area contributed by atoms with Crippen molar-refractivity contribution >= 4 is 0 Å². The summed E-state index contributed by atoms with van der Waals surface area (Å²) in [5, 5.41) is 21.6. The van der Waals surface area contributed by atoms with Crippen molar-refractivity contribution in [2.75, 3.05) is 0 Å². The van der Waals surface area contributed by atoms with Crippen LogP contribution >= 0.6 is 0 Å². The molecule has 0 aromatic heterocycles.